The summed E-state index contributed by atoms with van der Waals surface area (Å²) in [6.45, 7) is 15.2. The molecule has 2 N–H and O–H groups in total. The monoisotopic (exact) mass is 837 g/mol. The van der Waals surface area contributed by atoms with Crippen LogP contribution >= 0.6 is 0 Å². The zero-order chi connectivity index (χ0) is 43.2. The molecular formula is C46H58F3N3O6S. The fourth-order valence-electron chi connectivity index (χ4n) is 6.77. The van der Waals surface area contributed by atoms with E-state index in [9.17, 15) is 32.4 Å². The summed E-state index contributed by atoms with van der Waals surface area (Å²) in [5, 5.41) is 12.9. The maximum absolute atomic E-state index is 14.0. The van der Waals surface area contributed by atoms with E-state index in [1.54, 1.807) is 38.1 Å². The van der Waals surface area contributed by atoms with Gasteiger partial charge in [0.15, 0.2) is 10.6 Å². The van der Waals surface area contributed by atoms with E-state index in [-0.39, 0.29) is 30.3 Å². The Morgan fingerprint density at radius 2 is 1.68 bits per heavy atom. The number of hydrogen-bond acceptors (Lipinski definition) is 7. The third-order valence-electron chi connectivity index (χ3n) is 10.1. The number of nitrogens with zero attached hydrogens (tertiary/aromatic N) is 2. The number of aliphatic carboxylic acids is 1. The first-order chi connectivity index (χ1) is 28.1. The van der Waals surface area contributed by atoms with Crippen molar-refractivity contribution in [2.75, 3.05) is 55.4 Å². The van der Waals surface area contributed by atoms with E-state index in [1.165, 1.54) is 18.0 Å². The minimum Gasteiger partial charge on any atom is -0.611 e. The van der Waals surface area contributed by atoms with Gasteiger partial charge in [0, 0.05) is 43.2 Å². The van der Waals surface area contributed by atoms with E-state index >= 15 is 0 Å². The quantitative estimate of drug-likeness (QED) is 0.0805. The molecule has 4 rings (SSSR count). The Balaban J connectivity index is 1.58. The van der Waals surface area contributed by atoms with Gasteiger partial charge < -0.3 is 34.2 Å². The van der Waals surface area contributed by atoms with Crippen LogP contribution in [0.4, 0.5) is 24.5 Å². The van der Waals surface area contributed by atoms with Crippen LogP contribution in [0.2, 0.25) is 0 Å². The first-order valence-corrected chi connectivity index (χ1v) is 21.6. The molecule has 0 aliphatic carbocycles. The standard InChI is InChI=1S/C46H58F3N3O6S/c1-7-11-26-57-27-28-58-38-19-14-33(15-20-38)34-16-23-41-36(29-34)30-35(13-12-25-52(41)32-45(5,6)44(54)55)43(53)50-37-17-21-39(22-18-37)59(56)31-42(51(10-4)24-8-2)40(9-3)46(47,48)49/h10,14-23,29-30H,4,7-9,11-13,24-28,31-32H2,1-3,5-6H3,(H,50,53)(H,54,55)/b35-30+,42-40+/t59-/m0/s1. The van der Waals surface area contributed by atoms with Gasteiger partial charge in [-0.1, -0.05) is 52.0 Å². The molecule has 0 radical (unpaired) electrons. The smallest absolute Gasteiger partial charge is 0.414 e. The second-order valence-corrected chi connectivity index (χ2v) is 16.6. The molecule has 3 aromatic carbocycles. The number of allylic oxidation sites excluding steroid dienone is 1. The summed E-state index contributed by atoms with van der Waals surface area (Å²) in [6, 6.07) is 20.0. The lowest BCUT2D eigenvalue weighted by atomic mass is 9.91. The summed E-state index contributed by atoms with van der Waals surface area (Å²) in [7, 11) is 0. The lowest BCUT2D eigenvalue weighted by Gasteiger charge is -2.34. The number of nitrogens with one attached hydrogen (secondary N) is 1. The summed E-state index contributed by atoms with van der Waals surface area (Å²) >= 11 is -1.81. The molecule has 0 unspecified atom stereocenters. The number of halogens is 3. The molecule has 1 aliphatic heterocycles. The summed E-state index contributed by atoms with van der Waals surface area (Å²) in [5.74, 6) is -0.864. The largest absolute Gasteiger partial charge is 0.611 e. The molecule has 1 atom stereocenters. The van der Waals surface area contributed by atoms with E-state index in [0.717, 1.165) is 41.0 Å². The van der Waals surface area contributed by atoms with Gasteiger partial charge in [0.1, 0.15) is 12.4 Å². The number of hydrogen-bond donors (Lipinski definition) is 2. The summed E-state index contributed by atoms with van der Waals surface area (Å²) in [5.41, 5.74) is 2.53. The first-order valence-electron chi connectivity index (χ1n) is 20.2. The van der Waals surface area contributed by atoms with Crippen LogP contribution in [0.15, 0.2) is 101 Å². The molecule has 3 aromatic rings. The molecule has 320 valence electrons. The highest BCUT2D eigenvalue weighted by Crippen LogP contribution is 2.36. The Hall–Kier alpha value is -4.72. The van der Waals surface area contributed by atoms with Crippen molar-refractivity contribution < 1.29 is 41.9 Å². The van der Waals surface area contributed by atoms with E-state index < -0.39 is 34.3 Å². The van der Waals surface area contributed by atoms with E-state index in [2.05, 4.69) is 23.7 Å². The number of carbonyl (C=O) groups excluding carboxylic acids is 1. The zero-order valence-electron chi connectivity index (χ0n) is 34.8. The number of carboxylic acid groups (broad SMARTS) is 1. The number of benzene rings is 3. The number of amides is 1. The maximum Gasteiger partial charge on any atom is 0.414 e. The van der Waals surface area contributed by atoms with Crippen LogP contribution < -0.4 is 15.0 Å². The van der Waals surface area contributed by atoms with Gasteiger partial charge in [-0.15, -0.1) is 0 Å². The summed E-state index contributed by atoms with van der Waals surface area (Å²) in [6.07, 6.45) is 2.01. The molecular weight excluding hydrogens is 780 g/mol. The number of ether oxygens (including phenoxy) is 2. The Labute approximate surface area is 350 Å². The lowest BCUT2D eigenvalue weighted by molar-refractivity contribution is -0.146. The topological polar surface area (TPSA) is 114 Å². The van der Waals surface area contributed by atoms with Crippen LogP contribution in [-0.2, 0) is 25.5 Å². The van der Waals surface area contributed by atoms with E-state index in [0.29, 0.717) is 68.3 Å². The number of fused-ring (bicyclic) bond motifs is 1. The van der Waals surface area contributed by atoms with Crippen molar-refractivity contribution in [3.63, 3.8) is 0 Å². The van der Waals surface area contributed by atoms with Gasteiger partial charge in [-0.2, -0.15) is 13.2 Å². The van der Waals surface area contributed by atoms with Crippen molar-refractivity contribution in [1.29, 1.82) is 0 Å². The highest BCUT2D eigenvalue weighted by Gasteiger charge is 2.38. The van der Waals surface area contributed by atoms with E-state index in [4.69, 9.17) is 9.47 Å². The number of anilines is 2. The van der Waals surface area contributed by atoms with Crippen LogP contribution in [0, 0.1) is 5.41 Å². The second kappa shape index (κ2) is 22.0. The Morgan fingerprint density at radius 1 is 0.983 bits per heavy atom. The number of alkyl halides is 3. The van der Waals surface area contributed by atoms with Gasteiger partial charge in [-0.05, 0) is 135 Å². The zero-order valence-corrected chi connectivity index (χ0v) is 35.6. The predicted molar refractivity (Wildman–Crippen MR) is 231 cm³/mol. The van der Waals surface area contributed by atoms with Gasteiger partial charge in [-0.3, -0.25) is 9.59 Å². The van der Waals surface area contributed by atoms with Crippen molar-refractivity contribution >= 4 is 40.5 Å². The number of rotatable bonds is 21. The minimum absolute atomic E-state index is 0.0672. The molecule has 1 amide bonds. The van der Waals surface area contributed by atoms with Crippen molar-refractivity contribution in [3.8, 4) is 16.9 Å². The van der Waals surface area contributed by atoms with E-state index in [1.807, 2.05) is 55.5 Å². The van der Waals surface area contributed by atoms with Crippen molar-refractivity contribution in [2.24, 2.45) is 5.41 Å². The van der Waals surface area contributed by atoms with Crippen LogP contribution in [0.5, 0.6) is 5.75 Å². The molecule has 9 nitrogen and oxygen atoms in total. The van der Waals surface area contributed by atoms with Gasteiger partial charge in [0.25, 0.3) is 5.91 Å². The molecule has 59 heavy (non-hydrogen) atoms. The Kier molecular flexibility index (Phi) is 17.5. The number of carbonyl (C=O) groups is 2. The number of unbranched alkanes of at least 4 members (excludes halogenated alkanes) is 1. The molecule has 0 aromatic heterocycles. The number of carboxylic acids is 1. The van der Waals surface area contributed by atoms with Crippen molar-refractivity contribution in [3.05, 3.63) is 102 Å². The van der Waals surface area contributed by atoms with Crippen molar-refractivity contribution in [2.45, 2.75) is 84.2 Å². The molecule has 1 aliphatic rings. The van der Waals surface area contributed by atoms with Crippen molar-refractivity contribution in [1.82, 2.24) is 4.90 Å². The average molecular weight is 838 g/mol. The first kappa shape index (κ1) is 47.0. The molecule has 0 saturated carbocycles. The third-order valence-corrected chi connectivity index (χ3v) is 11.4. The average Bonchev–Trinajstić information content (AvgIpc) is 3.19. The van der Waals surface area contributed by atoms with Crippen LogP contribution in [-0.4, -0.2) is 77.8 Å². The SMILES string of the molecule is C=CN(CCC)/C(C[S@+]([O-])c1ccc(NC(=O)/C2=C/c3cc(-c4ccc(OCCOCCCC)cc4)ccc3N(CC(C)(C)C(=O)O)CCC2)cc1)=C(\CC)C(F)(F)F. The fourth-order valence-corrected chi connectivity index (χ4v) is 7.97. The third kappa shape index (κ3) is 13.4. The molecule has 1 heterocycles. The van der Waals surface area contributed by atoms with Crippen LogP contribution in [0.1, 0.15) is 78.7 Å². The molecule has 0 fully saturated rings. The van der Waals surface area contributed by atoms with Gasteiger partial charge >= 0.3 is 12.1 Å². The molecule has 0 spiro atoms. The molecule has 0 bridgehead atoms. The fraction of sp³-hybridized carbons (Fsp3) is 0.435. The second-order valence-electron chi connectivity index (χ2n) is 15.1. The summed E-state index contributed by atoms with van der Waals surface area (Å²) < 4.78 is 67.0. The van der Waals surface area contributed by atoms with Crippen LogP contribution in [0.3, 0.4) is 0 Å². The normalized spacial score (nSPS) is 15.1. The Bertz CT molecular complexity index is 1930. The van der Waals surface area contributed by atoms with Gasteiger partial charge in [-0.25, -0.2) is 0 Å². The minimum atomic E-state index is -4.58. The molecule has 13 heteroatoms. The highest BCUT2D eigenvalue weighted by atomic mass is 32.2. The summed E-state index contributed by atoms with van der Waals surface area (Å²) in [4.78, 5) is 29.8. The maximum atomic E-state index is 14.0. The lowest BCUT2D eigenvalue weighted by Crippen LogP contribution is -2.40. The Morgan fingerprint density at radius 3 is 2.29 bits per heavy atom. The molecule has 0 saturated heterocycles. The van der Waals surface area contributed by atoms with Gasteiger partial charge in [0.2, 0.25) is 0 Å². The van der Waals surface area contributed by atoms with Gasteiger partial charge in [0.05, 0.1) is 23.3 Å². The van der Waals surface area contributed by atoms with Crippen LogP contribution in [0.25, 0.3) is 17.2 Å². The predicted octanol–water partition coefficient (Wildman–Crippen LogP) is 10.5. The highest BCUT2D eigenvalue weighted by molar-refractivity contribution is 7.91.